The van der Waals surface area contributed by atoms with Crippen LogP contribution in [0, 0.1) is 0 Å². The quantitative estimate of drug-likeness (QED) is 0.218. The highest BCUT2D eigenvalue weighted by atomic mass is 33.1. The van der Waals surface area contributed by atoms with Gasteiger partial charge in [0.05, 0.1) is 11.4 Å². The van der Waals surface area contributed by atoms with E-state index in [0.29, 0.717) is 11.4 Å². The summed E-state index contributed by atoms with van der Waals surface area (Å²) in [5.41, 5.74) is 21.1. The molecule has 2 rings (SSSR count). The van der Waals surface area contributed by atoms with Crippen molar-refractivity contribution in [3.05, 3.63) is 40.8 Å². The third kappa shape index (κ3) is 2.36. The highest BCUT2D eigenvalue weighted by Gasteiger charge is 2.07. The summed E-state index contributed by atoms with van der Waals surface area (Å²) < 4.78 is 3.41. The third-order valence-corrected chi connectivity index (χ3v) is 3.97. The minimum absolute atomic E-state index is 0.535. The molecule has 0 fully saturated rings. The van der Waals surface area contributed by atoms with Crippen molar-refractivity contribution in [1.82, 2.24) is 0 Å². The molecular formula is C10H9N5S2. The van der Waals surface area contributed by atoms with Crippen molar-refractivity contribution < 1.29 is 0 Å². The molecule has 86 valence electrons. The molecule has 7 heteroatoms. The number of nitrogens with zero attached hydrogens (tertiary/aromatic N) is 3. The Balaban J connectivity index is 2.54. The molecule has 0 heterocycles. The maximum atomic E-state index is 8.24. The summed E-state index contributed by atoms with van der Waals surface area (Å²) in [5, 5.41) is 1.92. The second-order valence-electron chi connectivity index (χ2n) is 3.25. The Morgan fingerprint density at radius 1 is 1.18 bits per heavy atom. The number of nitrogens with two attached hydrogens (primary N) is 2. The van der Waals surface area contributed by atoms with Gasteiger partial charge in [0.2, 0.25) is 0 Å². The summed E-state index contributed by atoms with van der Waals surface area (Å²) in [7, 11) is 2.42. The number of benzene rings is 2. The van der Waals surface area contributed by atoms with Gasteiger partial charge < -0.3 is 11.5 Å². The Kier molecular flexibility index (Phi) is 3.53. The van der Waals surface area contributed by atoms with E-state index in [2.05, 4.69) is 9.43 Å². The Morgan fingerprint density at radius 3 is 2.59 bits per heavy atom. The van der Waals surface area contributed by atoms with Crippen molar-refractivity contribution in [2.45, 2.75) is 4.90 Å². The van der Waals surface area contributed by atoms with Gasteiger partial charge in [0, 0.05) is 26.2 Å². The third-order valence-electron chi connectivity index (χ3n) is 2.28. The number of nitrogen functional groups attached to an aromatic ring is 2. The van der Waals surface area contributed by atoms with Crippen LogP contribution >= 0.6 is 21.8 Å². The molecule has 0 atom stereocenters. The molecule has 0 saturated carbocycles. The van der Waals surface area contributed by atoms with Crippen LogP contribution < -0.4 is 11.5 Å². The van der Waals surface area contributed by atoms with Crippen LogP contribution in [0.15, 0.2) is 39.7 Å². The summed E-state index contributed by atoms with van der Waals surface area (Å²) in [5.74, 6) is 0. The first-order valence-electron chi connectivity index (χ1n) is 4.69. The first-order valence-corrected chi connectivity index (χ1v) is 6.79. The van der Waals surface area contributed by atoms with Crippen molar-refractivity contribution in [3.8, 4) is 0 Å². The van der Waals surface area contributed by atoms with Crippen LogP contribution in [0.1, 0.15) is 0 Å². The van der Waals surface area contributed by atoms with E-state index in [1.54, 1.807) is 6.07 Å². The molecule has 0 radical (unpaired) electrons. The Bertz CT molecular complexity index is 607. The van der Waals surface area contributed by atoms with E-state index in [0.717, 1.165) is 26.6 Å². The molecule has 0 unspecified atom stereocenters. The van der Waals surface area contributed by atoms with Gasteiger partial charge in [-0.25, -0.2) is 0 Å². The molecule has 0 aliphatic heterocycles. The predicted molar refractivity (Wildman–Crippen MR) is 75.4 cm³/mol. The standard InChI is InChI=1S/C10H9N5S2/c11-8-5-9(16-17-15-14-13)6-3-1-2-4-7(6)10(8)12/h1-5H,11-12H2. The van der Waals surface area contributed by atoms with E-state index < -0.39 is 0 Å². The van der Waals surface area contributed by atoms with Gasteiger partial charge in [0.15, 0.2) is 0 Å². The molecule has 4 N–H and O–H groups in total. The number of fused-ring (bicyclic) bond motifs is 1. The van der Waals surface area contributed by atoms with Gasteiger partial charge in [0.25, 0.3) is 0 Å². The maximum Gasteiger partial charge on any atom is 0.0628 e. The molecule has 0 spiro atoms. The zero-order valence-electron chi connectivity index (χ0n) is 8.70. The monoisotopic (exact) mass is 263 g/mol. The molecule has 2 aromatic rings. The van der Waals surface area contributed by atoms with Crippen LogP contribution in [0.4, 0.5) is 11.4 Å². The first-order chi connectivity index (χ1) is 8.24. The summed E-state index contributed by atoms with van der Waals surface area (Å²) in [6.45, 7) is 0. The Morgan fingerprint density at radius 2 is 1.88 bits per heavy atom. The van der Waals surface area contributed by atoms with E-state index in [9.17, 15) is 0 Å². The lowest BCUT2D eigenvalue weighted by Crippen LogP contribution is -1.96. The molecular weight excluding hydrogens is 254 g/mol. The van der Waals surface area contributed by atoms with Gasteiger partial charge in [-0.05, 0) is 32.3 Å². The molecule has 0 aliphatic rings. The van der Waals surface area contributed by atoms with E-state index >= 15 is 0 Å². The largest absolute Gasteiger partial charge is 0.397 e. The zero-order valence-corrected chi connectivity index (χ0v) is 10.3. The molecule has 17 heavy (non-hydrogen) atoms. The van der Waals surface area contributed by atoms with Crippen LogP contribution in [0.25, 0.3) is 21.2 Å². The Hall–Kier alpha value is -1.69. The summed E-state index contributed by atoms with van der Waals surface area (Å²) in [6, 6.07) is 9.52. The highest BCUT2D eigenvalue weighted by molar-refractivity contribution is 8.76. The van der Waals surface area contributed by atoms with Crippen LogP contribution in [0.2, 0.25) is 0 Å². The summed E-state index contributed by atoms with van der Waals surface area (Å²) >= 11 is 0. The molecule has 0 amide bonds. The first kappa shape index (κ1) is 11.8. The van der Waals surface area contributed by atoms with Crippen LogP contribution in [0.3, 0.4) is 0 Å². The average molecular weight is 263 g/mol. The van der Waals surface area contributed by atoms with E-state index in [1.807, 2.05) is 24.3 Å². The van der Waals surface area contributed by atoms with Gasteiger partial charge in [-0.1, -0.05) is 24.3 Å². The van der Waals surface area contributed by atoms with E-state index in [-0.39, 0.29) is 0 Å². The van der Waals surface area contributed by atoms with Crippen LogP contribution in [0.5, 0.6) is 0 Å². The van der Waals surface area contributed by atoms with Crippen molar-refractivity contribution in [2.75, 3.05) is 11.5 Å². The van der Waals surface area contributed by atoms with Gasteiger partial charge in [-0.3, -0.25) is 0 Å². The number of hydrogen-bond donors (Lipinski definition) is 2. The zero-order chi connectivity index (χ0) is 12.3. The average Bonchev–Trinajstić information content (AvgIpc) is 2.36. The number of rotatable bonds is 3. The normalized spacial score (nSPS) is 10.1. The molecule has 0 saturated heterocycles. The van der Waals surface area contributed by atoms with Gasteiger partial charge >= 0.3 is 0 Å². The minimum Gasteiger partial charge on any atom is -0.397 e. The number of azide groups is 1. The van der Waals surface area contributed by atoms with Gasteiger partial charge in [-0.15, -0.1) is 0 Å². The minimum atomic E-state index is 0.535. The lowest BCUT2D eigenvalue weighted by molar-refractivity contribution is 1.55. The second kappa shape index (κ2) is 5.09. The number of hydrogen-bond acceptors (Lipinski definition) is 5. The predicted octanol–water partition coefficient (Wildman–Crippen LogP) is 3.97. The van der Waals surface area contributed by atoms with Crippen molar-refractivity contribution >= 4 is 43.9 Å². The molecule has 0 bridgehead atoms. The fourth-order valence-corrected chi connectivity index (χ4v) is 2.96. The van der Waals surface area contributed by atoms with E-state index in [4.69, 9.17) is 17.0 Å². The molecule has 2 aromatic carbocycles. The molecule has 0 aliphatic carbocycles. The summed E-state index contributed by atoms with van der Waals surface area (Å²) in [6.07, 6.45) is 0. The van der Waals surface area contributed by atoms with Crippen LogP contribution in [-0.4, -0.2) is 0 Å². The fraction of sp³-hybridized carbons (Fsp3) is 0. The molecule has 0 aromatic heterocycles. The highest BCUT2D eigenvalue weighted by Crippen LogP contribution is 2.40. The van der Waals surface area contributed by atoms with Crippen molar-refractivity contribution in [3.63, 3.8) is 0 Å². The van der Waals surface area contributed by atoms with Crippen molar-refractivity contribution in [2.24, 2.45) is 4.52 Å². The summed E-state index contributed by atoms with van der Waals surface area (Å²) in [4.78, 5) is 3.62. The fourth-order valence-electron chi connectivity index (χ4n) is 1.53. The lowest BCUT2D eigenvalue weighted by atomic mass is 10.1. The van der Waals surface area contributed by atoms with Crippen LogP contribution in [-0.2, 0) is 0 Å². The number of anilines is 2. The van der Waals surface area contributed by atoms with Gasteiger partial charge in [0.1, 0.15) is 0 Å². The topological polar surface area (TPSA) is 101 Å². The second-order valence-corrected chi connectivity index (χ2v) is 5.12. The Labute approximate surface area is 106 Å². The smallest absolute Gasteiger partial charge is 0.0628 e. The van der Waals surface area contributed by atoms with Gasteiger partial charge in [-0.2, -0.15) is 0 Å². The SMILES string of the molecule is [N-]=[N+]=NSSc1cc(N)c(N)c2ccccc12. The maximum absolute atomic E-state index is 8.24. The lowest BCUT2D eigenvalue weighted by Gasteiger charge is -2.09. The van der Waals surface area contributed by atoms with Crippen molar-refractivity contribution in [1.29, 1.82) is 0 Å². The van der Waals surface area contributed by atoms with E-state index in [1.165, 1.54) is 10.8 Å². The molecule has 5 nitrogen and oxygen atoms in total.